The first-order chi connectivity index (χ1) is 11.3. The number of hydrogen-bond acceptors (Lipinski definition) is 4. The molecule has 0 saturated carbocycles. The molecule has 1 amide bonds. The first kappa shape index (κ1) is 20.5. The molecule has 0 radical (unpaired) electrons. The molecule has 6 nitrogen and oxygen atoms in total. The zero-order valence-electron chi connectivity index (χ0n) is 13.6. The number of carbonyl (C=O) groups is 1. The number of furan rings is 1. The highest BCUT2D eigenvalue weighted by molar-refractivity contribution is 14.0. The van der Waals surface area contributed by atoms with E-state index in [-0.39, 0.29) is 29.9 Å². The van der Waals surface area contributed by atoms with Crippen LogP contribution in [-0.2, 0) is 6.42 Å². The molecule has 132 valence electrons. The number of hydrogen-bond donors (Lipinski definition) is 3. The van der Waals surface area contributed by atoms with Crippen LogP contribution in [0.5, 0.6) is 0 Å². The van der Waals surface area contributed by atoms with Gasteiger partial charge in [0.25, 0.3) is 5.91 Å². The monoisotopic (exact) mass is 462 g/mol. The largest absolute Gasteiger partial charge is 0.459 e. The van der Waals surface area contributed by atoms with E-state index in [2.05, 4.69) is 38.5 Å². The average Bonchev–Trinajstić information content (AvgIpc) is 3.24. The van der Waals surface area contributed by atoms with Gasteiger partial charge in [0.2, 0.25) is 0 Å². The van der Waals surface area contributed by atoms with Crippen LogP contribution in [0.4, 0.5) is 0 Å². The number of nitrogens with zero attached hydrogens (tertiary/aromatic N) is 1. The van der Waals surface area contributed by atoms with E-state index in [1.165, 1.54) is 11.1 Å². The second-order valence-electron chi connectivity index (χ2n) is 4.75. The Bertz CT molecular complexity index is 600. The first-order valence-electron chi connectivity index (χ1n) is 7.66. The number of guanidine groups is 1. The molecule has 0 aliphatic carbocycles. The Morgan fingerprint density at radius 3 is 2.71 bits per heavy atom. The molecule has 0 aromatic carbocycles. The van der Waals surface area contributed by atoms with Crippen LogP contribution in [0.25, 0.3) is 0 Å². The van der Waals surface area contributed by atoms with Crippen LogP contribution in [0.2, 0.25) is 0 Å². The summed E-state index contributed by atoms with van der Waals surface area (Å²) in [7, 11) is 0. The lowest BCUT2D eigenvalue weighted by Crippen LogP contribution is -2.41. The molecule has 24 heavy (non-hydrogen) atoms. The summed E-state index contributed by atoms with van der Waals surface area (Å²) >= 11 is 1.74. The molecule has 0 fully saturated rings. The number of rotatable bonds is 8. The molecule has 0 saturated heterocycles. The third kappa shape index (κ3) is 7.35. The third-order valence-corrected chi connectivity index (χ3v) is 3.94. The van der Waals surface area contributed by atoms with Gasteiger partial charge >= 0.3 is 0 Å². The van der Waals surface area contributed by atoms with Crippen LogP contribution in [-0.4, -0.2) is 38.0 Å². The van der Waals surface area contributed by atoms with Crippen molar-refractivity contribution in [2.75, 3.05) is 26.2 Å². The zero-order valence-corrected chi connectivity index (χ0v) is 16.7. The smallest absolute Gasteiger partial charge is 0.287 e. The molecule has 2 aromatic rings. The Kier molecular flexibility index (Phi) is 10.2. The van der Waals surface area contributed by atoms with Crippen molar-refractivity contribution in [3.8, 4) is 0 Å². The van der Waals surface area contributed by atoms with E-state index in [0.717, 1.165) is 25.5 Å². The van der Waals surface area contributed by atoms with Crippen molar-refractivity contribution in [2.24, 2.45) is 4.99 Å². The fourth-order valence-electron chi connectivity index (χ4n) is 1.93. The van der Waals surface area contributed by atoms with Gasteiger partial charge in [0.05, 0.1) is 6.26 Å². The van der Waals surface area contributed by atoms with Crippen molar-refractivity contribution < 1.29 is 9.21 Å². The Labute approximate surface area is 163 Å². The summed E-state index contributed by atoms with van der Waals surface area (Å²) in [6.07, 6.45) is 2.42. The summed E-state index contributed by atoms with van der Waals surface area (Å²) in [4.78, 5) is 17.6. The summed E-state index contributed by atoms with van der Waals surface area (Å²) in [5.74, 6) is 0.870. The Hall–Kier alpha value is -1.55. The topological polar surface area (TPSA) is 78.7 Å². The van der Waals surface area contributed by atoms with Crippen molar-refractivity contribution in [2.45, 2.75) is 13.3 Å². The first-order valence-corrected chi connectivity index (χ1v) is 8.54. The van der Waals surface area contributed by atoms with Gasteiger partial charge in [-0.25, -0.2) is 0 Å². The van der Waals surface area contributed by atoms with Crippen LogP contribution in [0, 0.1) is 0 Å². The Balaban J connectivity index is 0.00000288. The molecule has 0 atom stereocenters. The van der Waals surface area contributed by atoms with Crippen molar-refractivity contribution in [1.29, 1.82) is 0 Å². The summed E-state index contributed by atoms with van der Waals surface area (Å²) < 4.78 is 5.03. The molecule has 0 aliphatic heterocycles. The third-order valence-electron chi connectivity index (χ3n) is 3.00. The summed E-state index contributed by atoms with van der Waals surface area (Å²) in [6.45, 7) is 4.64. The maximum atomic E-state index is 11.7. The van der Waals surface area contributed by atoms with Crippen molar-refractivity contribution >= 4 is 47.2 Å². The highest BCUT2D eigenvalue weighted by atomic mass is 127. The summed E-state index contributed by atoms with van der Waals surface area (Å²) in [5.41, 5.74) is 0. The highest BCUT2D eigenvalue weighted by Crippen LogP contribution is 2.08. The lowest BCUT2D eigenvalue weighted by Gasteiger charge is -2.11. The van der Waals surface area contributed by atoms with Crippen molar-refractivity contribution in [1.82, 2.24) is 16.0 Å². The zero-order chi connectivity index (χ0) is 16.3. The highest BCUT2D eigenvalue weighted by Gasteiger charge is 2.06. The molecule has 0 spiro atoms. The van der Waals surface area contributed by atoms with Gasteiger partial charge in [-0.15, -0.1) is 35.3 Å². The molecule has 0 unspecified atom stereocenters. The summed E-state index contributed by atoms with van der Waals surface area (Å²) in [6, 6.07) is 7.50. The van der Waals surface area contributed by atoms with E-state index >= 15 is 0 Å². The maximum absolute atomic E-state index is 11.7. The average molecular weight is 462 g/mol. The normalized spacial score (nSPS) is 10.8. The second-order valence-corrected chi connectivity index (χ2v) is 5.78. The molecule has 2 rings (SSSR count). The lowest BCUT2D eigenvalue weighted by molar-refractivity contribution is 0.0926. The fraction of sp³-hybridized carbons (Fsp3) is 0.375. The van der Waals surface area contributed by atoms with E-state index < -0.39 is 0 Å². The molecule has 3 N–H and O–H groups in total. The molecular weight excluding hydrogens is 439 g/mol. The number of thiophene rings is 1. The molecule has 0 bridgehead atoms. The predicted molar refractivity (Wildman–Crippen MR) is 108 cm³/mol. The maximum Gasteiger partial charge on any atom is 0.287 e. The second kappa shape index (κ2) is 11.9. The molecule has 2 heterocycles. The van der Waals surface area contributed by atoms with Gasteiger partial charge in [-0.1, -0.05) is 6.07 Å². The van der Waals surface area contributed by atoms with E-state index in [1.807, 2.05) is 6.92 Å². The molecule has 8 heteroatoms. The minimum atomic E-state index is -0.212. The molecule has 2 aromatic heterocycles. The number of halogens is 1. The van der Waals surface area contributed by atoms with Crippen molar-refractivity contribution in [3.63, 3.8) is 0 Å². The van der Waals surface area contributed by atoms with Gasteiger partial charge in [-0.3, -0.25) is 9.79 Å². The number of aliphatic imine (C=N–C) groups is 1. The summed E-state index contributed by atoms with van der Waals surface area (Å²) in [5, 5.41) is 11.2. The lowest BCUT2D eigenvalue weighted by atomic mass is 10.3. The number of carbonyl (C=O) groups excluding carboxylic acids is 1. The fourth-order valence-corrected chi connectivity index (χ4v) is 2.62. The Morgan fingerprint density at radius 2 is 2.04 bits per heavy atom. The van der Waals surface area contributed by atoms with Gasteiger partial charge < -0.3 is 20.4 Å². The van der Waals surface area contributed by atoms with Crippen LogP contribution in [0.15, 0.2) is 45.3 Å². The quantitative estimate of drug-likeness (QED) is 0.244. The Morgan fingerprint density at radius 1 is 1.21 bits per heavy atom. The molecule has 0 aliphatic rings. The predicted octanol–water partition coefficient (Wildman–Crippen LogP) is 2.49. The minimum Gasteiger partial charge on any atom is -0.459 e. The van der Waals surface area contributed by atoms with Crippen molar-refractivity contribution in [3.05, 3.63) is 46.5 Å². The van der Waals surface area contributed by atoms with Gasteiger partial charge in [-0.05, 0) is 30.5 Å². The van der Waals surface area contributed by atoms with Gasteiger partial charge in [0.15, 0.2) is 11.7 Å². The van der Waals surface area contributed by atoms with Crippen LogP contribution in [0.1, 0.15) is 22.4 Å². The van der Waals surface area contributed by atoms with Gasteiger partial charge in [-0.2, -0.15) is 0 Å². The van der Waals surface area contributed by atoms with E-state index in [1.54, 1.807) is 23.5 Å². The van der Waals surface area contributed by atoms with Gasteiger partial charge in [0, 0.05) is 37.5 Å². The number of amides is 1. The van der Waals surface area contributed by atoms with E-state index in [0.29, 0.717) is 18.8 Å². The van der Waals surface area contributed by atoms with E-state index in [4.69, 9.17) is 4.42 Å². The van der Waals surface area contributed by atoms with Crippen LogP contribution in [0.3, 0.4) is 0 Å². The van der Waals surface area contributed by atoms with Crippen LogP contribution < -0.4 is 16.0 Å². The minimum absolute atomic E-state index is 0. The van der Waals surface area contributed by atoms with Crippen LogP contribution >= 0.6 is 35.3 Å². The van der Waals surface area contributed by atoms with E-state index in [9.17, 15) is 4.79 Å². The number of nitrogens with one attached hydrogen (secondary N) is 3. The van der Waals surface area contributed by atoms with Gasteiger partial charge in [0.1, 0.15) is 0 Å². The standard InChI is InChI=1S/C16H22N4O2S.HI/c1-2-17-16(19-8-7-13-5-4-12-23-13)20-10-9-18-15(21)14-6-3-11-22-14;/h3-6,11-12H,2,7-10H2,1H3,(H,18,21)(H2,17,19,20);1H. The molecular formula is C16H23IN4O2S. The SMILES string of the molecule is CCNC(=NCCc1cccs1)NCCNC(=O)c1ccco1.I.